The third-order valence-electron chi connectivity index (χ3n) is 3.03. The Morgan fingerprint density at radius 2 is 2.35 bits per heavy atom. The SMILES string of the molecule is CCC(Br)C(=O)NC(C)c1nnc2n1CCC2. The van der Waals surface area contributed by atoms with Crippen molar-refractivity contribution in [1.82, 2.24) is 20.1 Å². The van der Waals surface area contributed by atoms with Gasteiger partial charge in [0.15, 0.2) is 5.82 Å². The van der Waals surface area contributed by atoms with E-state index in [-0.39, 0.29) is 16.8 Å². The number of rotatable bonds is 4. The van der Waals surface area contributed by atoms with Gasteiger partial charge in [-0.25, -0.2) is 0 Å². The lowest BCUT2D eigenvalue weighted by Crippen LogP contribution is -2.34. The Bertz CT molecular complexity index is 418. The molecule has 1 aromatic heterocycles. The number of nitrogens with zero attached hydrogens (tertiary/aromatic N) is 3. The van der Waals surface area contributed by atoms with E-state index in [0.29, 0.717) is 0 Å². The summed E-state index contributed by atoms with van der Waals surface area (Å²) in [6.07, 6.45) is 2.88. The number of amides is 1. The van der Waals surface area contributed by atoms with Crippen LogP contribution in [-0.4, -0.2) is 25.5 Å². The van der Waals surface area contributed by atoms with Crippen LogP contribution in [-0.2, 0) is 17.8 Å². The van der Waals surface area contributed by atoms with E-state index in [1.807, 2.05) is 13.8 Å². The zero-order valence-corrected chi connectivity index (χ0v) is 11.7. The summed E-state index contributed by atoms with van der Waals surface area (Å²) < 4.78 is 2.11. The van der Waals surface area contributed by atoms with E-state index in [9.17, 15) is 4.79 Å². The fourth-order valence-corrected chi connectivity index (χ4v) is 2.18. The van der Waals surface area contributed by atoms with Gasteiger partial charge in [0.05, 0.1) is 10.9 Å². The molecule has 2 atom stereocenters. The van der Waals surface area contributed by atoms with Crippen LogP contribution in [0, 0.1) is 0 Å². The Balaban J connectivity index is 2.05. The monoisotopic (exact) mass is 300 g/mol. The minimum absolute atomic E-state index is 0.00958. The molecule has 2 rings (SSSR count). The minimum atomic E-state index is -0.133. The highest BCUT2D eigenvalue weighted by Gasteiger charge is 2.23. The number of hydrogen-bond donors (Lipinski definition) is 1. The van der Waals surface area contributed by atoms with Crippen LogP contribution in [0.1, 0.15) is 44.4 Å². The molecular weight excluding hydrogens is 284 g/mol. The summed E-state index contributed by atoms with van der Waals surface area (Å²) in [5.74, 6) is 1.91. The van der Waals surface area contributed by atoms with Crippen LogP contribution in [0.15, 0.2) is 0 Å². The van der Waals surface area contributed by atoms with Gasteiger partial charge in [0.1, 0.15) is 5.82 Å². The molecule has 0 saturated carbocycles. The molecule has 0 saturated heterocycles. The van der Waals surface area contributed by atoms with Crippen molar-refractivity contribution in [3.05, 3.63) is 11.6 Å². The van der Waals surface area contributed by atoms with Crippen molar-refractivity contribution >= 4 is 21.8 Å². The van der Waals surface area contributed by atoms with Crippen LogP contribution in [0.3, 0.4) is 0 Å². The smallest absolute Gasteiger partial charge is 0.234 e. The van der Waals surface area contributed by atoms with Crippen LogP contribution in [0.25, 0.3) is 0 Å². The highest BCUT2D eigenvalue weighted by Crippen LogP contribution is 2.19. The van der Waals surface area contributed by atoms with Crippen LogP contribution in [0.5, 0.6) is 0 Å². The number of nitrogens with one attached hydrogen (secondary N) is 1. The molecule has 94 valence electrons. The Morgan fingerprint density at radius 1 is 1.59 bits per heavy atom. The lowest BCUT2D eigenvalue weighted by molar-refractivity contribution is -0.121. The standard InChI is InChI=1S/C11H17BrN4O/c1-3-8(12)11(17)13-7(2)10-15-14-9-5-4-6-16(9)10/h7-8H,3-6H2,1-2H3,(H,13,17). The average molecular weight is 301 g/mol. The average Bonchev–Trinajstić information content (AvgIpc) is 2.88. The van der Waals surface area contributed by atoms with E-state index in [1.54, 1.807) is 0 Å². The zero-order chi connectivity index (χ0) is 12.4. The molecular formula is C11H17BrN4O. The molecule has 1 N–H and O–H groups in total. The van der Waals surface area contributed by atoms with E-state index in [2.05, 4.69) is 36.0 Å². The maximum atomic E-state index is 11.8. The van der Waals surface area contributed by atoms with Gasteiger partial charge in [-0.05, 0) is 19.8 Å². The molecule has 2 unspecified atom stereocenters. The predicted octanol–water partition coefficient (Wildman–Crippen LogP) is 1.58. The first-order chi connectivity index (χ1) is 8.13. The summed E-state index contributed by atoms with van der Waals surface area (Å²) in [5, 5.41) is 11.3. The van der Waals surface area contributed by atoms with Crippen LogP contribution >= 0.6 is 15.9 Å². The van der Waals surface area contributed by atoms with Gasteiger partial charge in [-0.2, -0.15) is 0 Å². The number of alkyl halides is 1. The largest absolute Gasteiger partial charge is 0.345 e. The van der Waals surface area contributed by atoms with Gasteiger partial charge in [-0.3, -0.25) is 4.79 Å². The molecule has 1 aliphatic heterocycles. The van der Waals surface area contributed by atoms with Gasteiger partial charge in [-0.1, -0.05) is 22.9 Å². The number of aromatic nitrogens is 3. The second-order valence-electron chi connectivity index (χ2n) is 4.34. The van der Waals surface area contributed by atoms with E-state index >= 15 is 0 Å². The molecule has 0 fully saturated rings. The number of hydrogen-bond acceptors (Lipinski definition) is 3. The molecule has 17 heavy (non-hydrogen) atoms. The summed E-state index contributed by atoms with van der Waals surface area (Å²) in [4.78, 5) is 11.6. The highest BCUT2D eigenvalue weighted by molar-refractivity contribution is 9.10. The molecule has 1 amide bonds. The number of aryl methyl sites for hydroxylation is 1. The third-order valence-corrected chi connectivity index (χ3v) is 4.09. The number of halogens is 1. The summed E-state index contributed by atoms with van der Waals surface area (Å²) in [6, 6.07) is -0.0894. The highest BCUT2D eigenvalue weighted by atomic mass is 79.9. The second-order valence-corrected chi connectivity index (χ2v) is 5.44. The van der Waals surface area contributed by atoms with Gasteiger partial charge in [0.25, 0.3) is 0 Å². The second kappa shape index (κ2) is 5.16. The fourth-order valence-electron chi connectivity index (χ4n) is 2.05. The summed E-state index contributed by atoms with van der Waals surface area (Å²) >= 11 is 3.34. The number of carbonyl (C=O) groups is 1. The van der Waals surface area contributed by atoms with Crippen molar-refractivity contribution in [3.63, 3.8) is 0 Å². The number of fused-ring (bicyclic) bond motifs is 1. The predicted molar refractivity (Wildman–Crippen MR) is 67.9 cm³/mol. The summed E-state index contributed by atoms with van der Waals surface area (Å²) in [6.45, 7) is 4.88. The van der Waals surface area contributed by atoms with Crippen molar-refractivity contribution in [2.75, 3.05) is 0 Å². The van der Waals surface area contributed by atoms with E-state index in [1.165, 1.54) is 0 Å². The maximum Gasteiger partial charge on any atom is 0.234 e. The molecule has 0 spiro atoms. The zero-order valence-electron chi connectivity index (χ0n) is 10.1. The Hall–Kier alpha value is -0.910. The Morgan fingerprint density at radius 3 is 3.06 bits per heavy atom. The van der Waals surface area contributed by atoms with Crippen molar-refractivity contribution in [1.29, 1.82) is 0 Å². The molecule has 5 nitrogen and oxygen atoms in total. The van der Waals surface area contributed by atoms with E-state index < -0.39 is 0 Å². The van der Waals surface area contributed by atoms with Crippen molar-refractivity contribution in [2.24, 2.45) is 0 Å². The Labute approximate surface area is 109 Å². The summed E-state index contributed by atoms with van der Waals surface area (Å²) in [5.41, 5.74) is 0. The van der Waals surface area contributed by atoms with Crippen molar-refractivity contribution < 1.29 is 4.79 Å². The van der Waals surface area contributed by atoms with Gasteiger partial charge < -0.3 is 9.88 Å². The van der Waals surface area contributed by atoms with Gasteiger partial charge in [-0.15, -0.1) is 10.2 Å². The fraction of sp³-hybridized carbons (Fsp3) is 0.727. The van der Waals surface area contributed by atoms with Crippen molar-refractivity contribution in [3.8, 4) is 0 Å². The van der Waals surface area contributed by atoms with Crippen molar-refractivity contribution in [2.45, 2.75) is 50.5 Å². The van der Waals surface area contributed by atoms with Crippen LogP contribution in [0.2, 0.25) is 0 Å². The number of carbonyl (C=O) groups excluding carboxylic acids is 1. The molecule has 0 aromatic carbocycles. The molecule has 0 aliphatic carbocycles. The molecule has 1 aliphatic rings. The molecule has 1 aromatic rings. The first-order valence-electron chi connectivity index (χ1n) is 6.00. The first-order valence-corrected chi connectivity index (χ1v) is 6.91. The lowest BCUT2D eigenvalue weighted by Gasteiger charge is -2.15. The first kappa shape index (κ1) is 12.5. The van der Waals surface area contributed by atoms with Gasteiger partial charge in [0, 0.05) is 13.0 Å². The Kier molecular flexibility index (Phi) is 3.81. The third kappa shape index (κ3) is 2.51. The van der Waals surface area contributed by atoms with Crippen LogP contribution < -0.4 is 5.32 Å². The molecule has 0 radical (unpaired) electrons. The van der Waals surface area contributed by atoms with E-state index in [0.717, 1.165) is 37.5 Å². The van der Waals surface area contributed by atoms with Gasteiger partial charge in [0.2, 0.25) is 5.91 Å². The molecule has 0 bridgehead atoms. The molecule has 2 heterocycles. The topological polar surface area (TPSA) is 59.8 Å². The normalized spacial score (nSPS) is 17.6. The summed E-state index contributed by atoms with van der Waals surface area (Å²) in [7, 11) is 0. The lowest BCUT2D eigenvalue weighted by atomic mass is 10.2. The minimum Gasteiger partial charge on any atom is -0.345 e. The van der Waals surface area contributed by atoms with E-state index in [4.69, 9.17) is 0 Å². The van der Waals surface area contributed by atoms with Crippen LogP contribution in [0.4, 0.5) is 0 Å². The quantitative estimate of drug-likeness (QED) is 0.859. The maximum absolute atomic E-state index is 11.8. The van der Waals surface area contributed by atoms with Gasteiger partial charge >= 0.3 is 0 Å². The molecule has 6 heteroatoms.